The van der Waals surface area contributed by atoms with E-state index in [1.165, 1.54) is 0 Å². The highest BCUT2D eigenvalue weighted by molar-refractivity contribution is 7.31. The van der Waals surface area contributed by atoms with Crippen LogP contribution in [0.5, 0.6) is 0 Å². The summed E-state index contributed by atoms with van der Waals surface area (Å²) in [5, 5.41) is 0. The second-order valence-electron chi connectivity index (χ2n) is 1.91. The molecule has 0 rings (SSSR count). The maximum Gasteiger partial charge on any atom is 0.108 e. The summed E-state index contributed by atoms with van der Waals surface area (Å²) in [6.45, 7) is 5.25. The van der Waals surface area contributed by atoms with Crippen LogP contribution >= 0.6 is 17.6 Å². The van der Waals surface area contributed by atoms with Crippen molar-refractivity contribution in [3.63, 3.8) is 0 Å². The van der Waals surface area contributed by atoms with Crippen LogP contribution in [0.3, 0.4) is 0 Å². The molecule has 0 aliphatic rings. The van der Waals surface area contributed by atoms with Crippen molar-refractivity contribution in [2.45, 2.75) is 6.10 Å². The van der Waals surface area contributed by atoms with Crippen LogP contribution in [0.4, 0.5) is 0 Å². The topological polar surface area (TPSA) is 27.7 Å². The molecule has 3 unspecified atom stereocenters. The van der Waals surface area contributed by atoms with Crippen LogP contribution in [0.2, 0.25) is 0 Å². The minimum atomic E-state index is 0.107. The maximum absolute atomic E-state index is 5.37. The van der Waals surface area contributed by atoms with Gasteiger partial charge in [0.05, 0.1) is 13.2 Å². The Bertz CT molecular complexity index is 76.2. The van der Waals surface area contributed by atoms with Gasteiger partial charge in [-0.25, -0.2) is 0 Å². The van der Waals surface area contributed by atoms with Crippen molar-refractivity contribution < 1.29 is 13.8 Å². The van der Waals surface area contributed by atoms with Crippen molar-refractivity contribution in [3.05, 3.63) is 0 Å². The van der Waals surface area contributed by atoms with Gasteiger partial charge < -0.3 is 13.8 Å². The van der Waals surface area contributed by atoms with Gasteiger partial charge in [-0.1, -0.05) is 0 Å². The highest BCUT2D eigenvalue weighted by atomic mass is 31.1. The largest absolute Gasteiger partial charge is 0.382 e. The second kappa shape index (κ2) is 8.83. The summed E-state index contributed by atoms with van der Waals surface area (Å²) in [6.07, 6.45) is 0.107. The Morgan fingerprint density at radius 2 is 1.91 bits per heavy atom. The van der Waals surface area contributed by atoms with E-state index in [0.29, 0.717) is 30.8 Å². The van der Waals surface area contributed by atoms with Crippen LogP contribution in [0.25, 0.3) is 0 Å². The third kappa shape index (κ3) is 7.11. The highest BCUT2D eigenvalue weighted by Crippen LogP contribution is 2.13. The monoisotopic (exact) mass is 198 g/mol. The summed E-state index contributed by atoms with van der Waals surface area (Å²) in [4.78, 5) is 0. The van der Waals surface area contributed by atoms with Gasteiger partial charge in [-0.05, 0) is 13.3 Å². The maximum atomic E-state index is 5.37. The van der Waals surface area contributed by atoms with Crippen LogP contribution in [0, 0.1) is 0 Å². The minimum Gasteiger partial charge on any atom is -0.382 e. The summed E-state index contributed by atoms with van der Waals surface area (Å²) in [5.41, 5.74) is 0. The zero-order valence-electron chi connectivity index (χ0n) is 7.22. The number of ether oxygens (including phenoxy) is 1. The van der Waals surface area contributed by atoms with Gasteiger partial charge in [0.1, 0.15) is 6.10 Å². The first-order chi connectivity index (χ1) is 5.35. The molecular formula is C6H16O3P2. The molecular weight excluding hydrogens is 182 g/mol. The van der Waals surface area contributed by atoms with Gasteiger partial charge in [0.25, 0.3) is 0 Å². The van der Waals surface area contributed by atoms with Crippen LogP contribution in [0.1, 0.15) is 0 Å². The fourth-order valence-electron chi connectivity index (χ4n) is 0.645. The molecule has 3 atom stereocenters. The molecule has 0 radical (unpaired) electrons. The third-order valence-electron chi connectivity index (χ3n) is 1.05. The highest BCUT2D eigenvalue weighted by Gasteiger charge is 2.06. The molecule has 0 aliphatic heterocycles. The van der Waals surface area contributed by atoms with Gasteiger partial charge >= 0.3 is 0 Å². The smallest absolute Gasteiger partial charge is 0.108 e. The first kappa shape index (κ1) is 11.7. The van der Waals surface area contributed by atoms with E-state index in [2.05, 4.69) is 0 Å². The van der Waals surface area contributed by atoms with E-state index >= 15 is 0 Å². The van der Waals surface area contributed by atoms with Crippen LogP contribution < -0.4 is 0 Å². The molecule has 11 heavy (non-hydrogen) atoms. The van der Waals surface area contributed by atoms with E-state index < -0.39 is 0 Å². The Morgan fingerprint density at radius 3 is 2.36 bits per heavy atom. The molecule has 0 fully saturated rings. The first-order valence-corrected chi connectivity index (χ1v) is 6.26. The molecule has 3 nitrogen and oxygen atoms in total. The van der Waals surface area contributed by atoms with Gasteiger partial charge in [0.2, 0.25) is 0 Å². The van der Waals surface area contributed by atoms with Gasteiger partial charge in [-0.2, -0.15) is 0 Å². The molecule has 0 saturated carbocycles. The van der Waals surface area contributed by atoms with Crippen molar-refractivity contribution in [3.8, 4) is 0 Å². The molecule has 5 heteroatoms. The van der Waals surface area contributed by atoms with Crippen molar-refractivity contribution in [2.75, 3.05) is 33.7 Å². The molecule has 0 N–H and O–H groups in total. The van der Waals surface area contributed by atoms with Gasteiger partial charge in [-0.3, -0.25) is 0 Å². The lowest BCUT2D eigenvalue weighted by molar-refractivity contribution is 0.0633. The van der Waals surface area contributed by atoms with Crippen molar-refractivity contribution in [1.29, 1.82) is 0 Å². The Morgan fingerprint density at radius 1 is 1.18 bits per heavy atom. The number of hydrogen-bond donors (Lipinski definition) is 0. The van der Waals surface area contributed by atoms with Gasteiger partial charge in [0, 0.05) is 24.7 Å². The Labute approximate surface area is 71.9 Å². The predicted molar refractivity (Wildman–Crippen MR) is 51.2 cm³/mol. The zero-order chi connectivity index (χ0) is 8.53. The molecule has 0 heterocycles. The summed E-state index contributed by atoms with van der Waals surface area (Å²) in [7, 11) is 2.70. The SMILES string of the molecule is COCC(COPC)OPC. The lowest BCUT2D eigenvalue weighted by Gasteiger charge is -2.14. The van der Waals surface area contributed by atoms with E-state index in [9.17, 15) is 0 Å². The summed E-state index contributed by atoms with van der Waals surface area (Å²) >= 11 is 0. The molecule has 0 bridgehead atoms. The number of methoxy groups -OCH3 is 1. The molecule has 68 valence electrons. The standard InChI is InChI=1S/C6H16O3P2/c1-7-4-6(9-11-3)5-8-10-2/h6,10-11H,4-5H2,1-3H3. The molecule has 0 amide bonds. The van der Waals surface area contributed by atoms with Crippen molar-refractivity contribution in [2.24, 2.45) is 0 Å². The molecule has 0 aromatic rings. The molecule has 0 aromatic carbocycles. The summed E-state index contributed by atoms with van der Waals surface area (Å²) in [5.74, 6) is 0. The number of hydrogen-bond acceptors (Lipinski definition) is 3. The van der Waals surface area contributed by atoms with E-state index in [4.69, 9.17) is 13.8 Å². The normalized spacial score (nSPS) is 15.5. The summed E-state index contributed by atoms with van der Waals surface area (Å²) in [6, 6.07) is 0. The van der Waals surface area contributed by atoms with E-state index in [1.807, 2.05) is 13.3 Å². The lowest BCUT2D eigenvalue weighted by Crippen LogP contribution is -2.20. The van der Waals surface area contributed by atoms with Crippen LogP contribution in [-0.2, 0) is 13.8 Å². The van der Waals surface area contributed by atoms with E-state index in [-0.39, 0.29) is 6.10 Å². The van der Waals surface area contributed by atoms with E-state index in [0.717, 1.165) is 0 Å². The number of rotatable bonds is 7. The Kier molecular flexibility index (Phi) is 9.43. The quantitative estimate of drug-likeness (QED) is 0.580. The summed E-state index contributed by atoms with van der Waals surface area (Å²) < 4.78 is 15.6. The third-order valence-corrected chi connectivity index (χ3v) is 2.08. The Hall–Kier alpha value is 0.740. The molecule has 0 aromatic heterocycles. The second-order valence-corrected chi connectivity index (χ2v) is 3.26. The first-order valence-electron chi connectivity index (χ1n) is 3.45. The fraction of sp³-hybridized carbons (Fsp3) is 1.00. The lowest BCUT2D eigenvalue weighted by atomic mass is 10.4. The minimum absolute atomic E-state index is 0.107. The zero-order valence-corrected chi connectivity index (χ0v) is 9.22. The average Bonchev–Trinajstić information content (AvgIpc) is 2.01. The van der Waals surface area contributed by atoms with Crippen molar-refractivity contribution in [1.82, 2.24) is 0 Å². The van der Waals surface area contributed by atoms with Gasteiger partial charge in [-0.15, -0.1) is 0 Å². The van der Waals surface area contributed by atoms with Crippen LogP contribution in [-0.4, -0.2) is 39.8 Å². The van der Waals surface area contributed by atoms with Crippen molar-refractivity contribution >= 4 is 17.6 Å². The Balaban J connectivity index is 3.34. The predicted octanol–water partition coefficient (Wildman–Crippen LogP) is 1.48. The van der Waals surface area contributed by atoms with Crippen LogP contribution in [0.15, 0.2) is 0 Å². The van der Waals surface area contributed by atoms with Gasteiger partial charge in [0.15, 0.2) is 0 Å². The molecule has 0 saturated heterocycles. The fourth-order valence-corrected chi connectivity index (χ4v) is 1.47. The molecule has 0 aliphatic carbocycles. The molecule has 0 spiro atoms. The van der Waals surface area contributed by atoms with E-state index in [1.54, 1.807) is 7.11 Å². The average molecular weight is 198 g/mol.